The minimum atomic E-state index is -3.42. The topological polar surface area (TPSA) is 84.6 Å². The molecule has 0 aromatic heterocycles. The van der Waals surface area contributed by atoms with Crippen LogP contribution >= 0.6 is 38.3 Å². The van der Waals surface area contributed by atoms with Gasteiger partial charge < -0.3 is 0 Å². The van der Waals surface area contributed by atoms with Gasteiger partial charge in [0.15, 0.2) is 0 Å². The maximum atomic E-state index is 12.3. The molecule has 1 aliphatic heterocycles. The predicted octanol–water partition coefficient (Wildman–Crippen LogP) is 4.05. The van der Waals surface area contributed by atoms with Crippen molar-refractivity contribution in [2.75, 3.05) is 6.54 Å². The van der Waals surface area contributed by atoms with Gasteiger partial charge in [0.2, 0.25) is 0 Å². The number of rotatable bonds is 2. The molecule has 0 saturated heterocycles. The highest BCUT2D eigenvalue weighted by atomic mass is 79.9. The lowest BCUT2D eigenvalue weighted by molar-refractivity contribution is 0.0870. The number of hydrogen-bond donors (Lipinski definition) is 2. The fraction of sp³-hybridized carbons (Fsp3) is 0.167. The molecule has 0 atom stereocenters. The molecule has 5 nitrogen and oxygen atoms in total. The zero-order valence-corrected chi connectivity index (χ0v) is 13.5. The minimum Gasteiger partial charge on any atom is -0.277 e. The van der Waals surface area contributed by atoms with Gasteiger partial charge in [-0.3, -0.25) is 13.9 Å². The normalized spacial score (nSPS) is 18.7. The van der Waals surface area contributed by atoms with Crippen LogP contribution in [0.1, 0.15) is 17.3 Å². The summed E-state index contributed by atoms with van der Waals surface area (Å²) in [5.74, 6) is -0.558. The van der Waals surface area contributed by atoms with E-state index in [1.54, 1.807) is 13.0 Å². The fourth-order valence-electron chi connectivity index (χ4n) is 1.86. The molecule has 0 saturated carbocycles. The Labute approximate surface area is 131 Å². The van der Waals surface area contributed by atoms with E-state index in [4.69, 9.17) is 16.9 Å². The van der Waals surface area contributed by atoms with E-state index in [2.05, 4.69) is 15.9 Å². The van der Waals surface area contributed by atoms with Gasteiger partial charge in [-0.25, -0.2) is 4.31 Å². The third kappa shape index (κ3) is 2.34. The Kier molecular flexibility index (Phi) is 4.14. The Bertz CT molecular complexity index is 669. The summed E-state index contributed by atoms with van der Waals surface area (Å²) in [6, 6.07) is 4.86. The number of fused-ring (bicyclic) bond motifs is 1. The fourth-order valence-corrected chi connectivity index (χ4v) is 4.15. The number of benzene rings is 1. The van der Waals surface area contributed by atoms with Crippen molar-refractivity contribution in [2.45, 2.75) is 11.8 Å². The van der Waals surface area contributed by atoms with Gasteiger partial charge in [0.05, 0.1) is 28.1 Å². The molecule has 2 N–H and O–H groups in total. The van der Waals surface area contributed by atoms with Gasteiger partial charge in [0.25, 0.3) is 5.91 Å². The van der Waals surface area contributed by atoms with E-state index in [1.807, 2.05) is 6.07 Å². The molecule has 1 aromatic carbocycles. The van der Waals surface area contributed by atoms with E-state index in [0.717, 1.165) is 4.31 Å². The molecule has 1 heterocycles. The van der Waals surface area contributed by atoms with Gasteiger partial charge in [-0.2, -0.15) is 5.26 Å². The molecule has 0 radical (unpaired) electrons. The Balaban J connectivity index is 2.51. The molecule has 0 bridgehead atoms. The first-order valence-corrected chi connectivity index (χ1v) is 8.11. The minimum absolute atomic E-state index is 0.0443. The second kappa shape index (κ2) is 5.39. The third-order valence-corrected chi connectivity index (χ3v) is 5.92. The lowest BCUT2D eigenvalue weighted by atomic mass is 10.2. The average molecular weight is 378 g/mol. The predicted molar refractivity (Wildman–Crippen MR) is 80.7 cm³/mol. The van der Waals surface area contributed by atoms with Crippen LogP contribution in [0.4, 0.5) is 0 Å². The number of halogens is 2. The molecule has 1 amide bonds. The van der Waals surface area contributed by atoms with Crippen LogP contribution in [0, 0.1) is 11.3 Å². The molecule has 0 fully saturated rings. The average Bonchev–Trinajstić information content (AvgIpc) is 2.55. The van der Waals surface area contributed by atoms with Crippen molar-refractivity contribution in [1.82, 2.24) is 4.31 Å². The quantitative estimate of drug-likeness (QED) is 0.761. The zero-order chi connectivity index (χ0) is 15.1. The molecular weight excluding hydrogens is 368 g/mol. The maximum absolute atomic E-state index is 12.3. The van der Waals surface area contributed by atoms with Crippen LogP contribution in [0.25, 0.3) is 0 Å². The monoisotopic (exact) mass is 376 g/mol. The summed E-state index contributed by atoms with van der Waals surface area (Å²) in [4.78, 5) is 12.4. The number of nitriles is 1. The molecule has 20 heavy (non-hydrogen) atoms. The number of allylic oxidation sites excluding steroid dienone is 1. The number of amides is 1. The molecule has 0 spiro atoms. The van der Waals surface area contributed by atoms with Crippen molar-refractivity contribution in [2.24, 2.45) is 0 Å². The van der Waals surface area contributed by atoms with Crippen LogP contribution in [-0.2, 0) is 0 Å². The number of carbonyl (C=O) groups excluding carboxylic acids is 1. The van der Waals surface area contributed by atoms with Gasteiger partial charge in [0, 0.05) is 10.5 Å². The number of hydrogen-bond acceptors (Lipinski definition) is 4. The van der Waals surface area contributed by atoms with E-state index < -0.39 is 16.7 Å². The molecule has 0 unspecified atom stereocenters. The van der Waals surface area contributed by atoms with E-state index >= 15 is 0 Å². The van der Waals surface area contributed by atoms with Crippen LogP contribution in [0.3, 0.4) is 0 Å². The largest absolute Gasteiger partial charge is 0.277 e. The Morgan fingerprint density at radius 3 is 2.85 bits per heavy atom. The van der Waals surface area contributed by atoms with Crippen molar-refractivity contribution in [3.05, 3.63) is 38.8 Å². The summed E-state index contributed by atoms with van der Waals surface area (Å²) in [7, 11) is -3.42. The lowest BCUT2D eigenvalue weighted by Gasteiger charge is -2.37. The first-order chi connectivity index (χ1) is 9.30. The highest BCUT2D eigenvalue weighted by Crippen LogP contribution is 2.60. The first kappa shape index (κ1) is 15.4. The highest BCUT2D eigenvalue weighted by Gasteiger charge is 2.43. The van der Waals surface area contributed by atoms with Gasteiger partial charge in [0.1, 0.15) is 0 Å². The molecular formula is C12H10BrClN2O3S. The van der Waals surface area contributed by atoms with Gasteiger partial charge in [-0.05, 0) is 40.6 Å². The van der Waals surface area contributed by atoms with Crippen molar-refractivity contribution in [3.63, 3.8) is 0 Å². The molecule has 106 valence electrons. The van der Waals surface area contributed by atoms with Crippen LogP contribution < -0.4 is 0 Å². The van der Waals surface area contributed by atoms with Crippen LogP contribution in [0.5, 0.6) is 0 Å². The molecule has 1 aliphatic rings. The highest BCUT2D eigenvalue weighted by molar-refractivity contribution is 9.10. The summed E-state index contributed by atoms with van der Waals surface area (Å²) < 4.78 is 22.0. The van der Waals surface area contributed by atoms with E-state index in [9.17, 15) is 13.9 Å². The van der Waals surface area contributed by atoms with E-state index in [0.29, 0.717) is 10.0 Å². The zero-order valence-electron chi connectivity index (χ0n) is 10.3. The van der Waals surface area contributed by atoms with Crippen LogP contribution in [-0.4, -0.2) is 25.9 Å². The Hall–Kier alpha value is -1.04. The van der Waals surface area contributed by atoms with E-state index in [-0.39, 0.29) is 22.0 Å². The number of nitrogens with zero attached hydrogens (tertiary/aromatic N) is 2. The molecule has 0 aliphatic carbocycles. The summed E-state index contributed by atoms with van der Waals surface area (Å²) >= 11 is 9.25. The standard InChI is InChI=1S/C12H10BrClN2O3S/c1-7(4-5-15)6-16-12(17)10-9(20(16,18)19)3-2-8(13)11(10)14/h2-4,18-19H,6H2,1H3. The maximum Gasteiger partial charge on any atom is 0.276 e. The Morgan fingerprint density at radius 2 is 2.25 bits per heavy atom. The molecule has 1 aromatic rings. The lowest BCUT2D eigenvalue weighted by Crippen LogP contribution is -2.29. The van der Waals surface area contributed by atoms with E-state index in [1.165, 1.54) is 12.1 Å². The first-order valence-electron chi connectivity index (χ1n) is 5.44. The van der Waals surface area contributed by atoms with Crippen molar-refractivity contribution >= 4 is 44.2 Å². The number of carbonyl (C=O) groups is 1. The summed E-state index contributed by atoms with van der Waals surface area (Å²) in [5, 5.41) is 8.74. The molecule has 8 heteroatoms. The SMILES string of the molecule is CC(=CC#N)CN1C(=O)c2c(ccc(Br)c2Cl)S1(O)O. The summed E-state index contributed by atoms with van der Waals surface area (Å²) in [6.45, 7) is 1.59. The van der Waals surface area contributed by atoms with Crippen molar-refractivity contribution in [3.8, 4) is 6.07 Å². The summed E-state index contributed by atoms with van der Waals surface area (Å²) in [6.07, 6.45) is 1.25. The second-order valence-corrected chi connectivity index (χ2v) is 7.37. The third-order valence-electron chi connectivity index (χ3n) is 2.80. The summed E-state index contributed by atoms with van der Waals surface area (Å²) in [5.41, 5.74) is 0.634. The van der Waals surface area contributed by atoms with Crippen molar-refractivity contribution < 1.29 is 13.9 Å². The van der Waals surface area contributed by atoms with Crippen LogP contribution in [0.2, 0.25) is 5.02 Å². The van der Waals surface area contributed by atoms with Gasteiger partial charge in [-0.1, -0.05) is 22.4 Å². The molecule has 2 rings (SSSR count). The van der Waals surface area contributed by atoms with Crippen LogP contribution in [0.15, 0.2) is 33.2 Å². The van der Waals surface area contributed by atoms with Crippen molar-refractivity contribution in [1.29, 1.82) is 5.26 Å². The Morgan fingerprint density at radius 1 is 1.60 bits per heavy atom. The van der Waals surface area contributed by atoms with Gasteiger partial charge >= 0.3 is 0 Å². The smallest absolute Gasteiger partial charge is 0.276 e. The van der Waals surface area contributed by atoms with Gasteiger partial charge in [-0.15, -0.1) is 0 Å². The second-order valence-electron chi connectivity index (χ2n) is 4.21.